The van der Waals surface area contributed by atoms with E-state index in [0.29, 0.717) is 12.4 Å². The van der Waals surface area contributed by atoms with Crippen molar-refractivity contribution in [2.75, 3.05) is 32.8 Å². The number of pyridine rings is 1. The molecule has 1 aromatic heterocycles. The van der Waals surface area contributed by atoms with E-state index in [2.05, 4.69) is 20.5 Å². The summed E-state index contributed by atoms with van der Waals surface area (Å²) in [6.45, 7) is 10.6. The number of ether oxygens (including phenoxy) is 2. The van der Waals surface area contributed by atoms with Gasteiger partial charge in [-0.25, -0.2) is 9.78 Å². The molecule has 0 spiro atoms. The van der Waals surface area contributed by atoms with Gasteiger partial charge in [0, 0.05) is 44.5 Å². The number of nitrogens with zero attached hydrogens (tertiary/aromatic N) is 2. The van der Waals surface area contributed by atoms with Crippen LogP contribution in [0, 0.1) is 0 Å². The SMILES string of the molecule is CC(CN1CCOCC1)NC(=O)NCc1ccc(OC(C)C)nc1. The molecule has 0 aromatic carbocycles. The Kier molecular flexibility index (Phi) is 7.27. The average Bonchev–Trinajstić information content (AvgIpc) is 2.54. The van der Waals surface area contributed by atoms with Gasteiger partial charge >= 0.3 is 6.03 Å². The maximum absolute atomic E-state index is 12.0. The normalized spacial score (nSPS) is 16.7. The van der Waals surface area contributed by atoms with Crippen LogP contribution in [0.5, 0.6) is 5.88 Å². The molecule has 1 fully saturated rings. The lowest BCUT2D eigenvalue weighted by atomic mass is 10.3. The molecular formula is C17H28N4O3. The Morgan fingerprint density at radius 3 is 2.71 bits per heavy atom. The first-order valence-electron chi connectivity index (χ1n) is 8.49. The molecule has 7 nitrogen and oxygen atoms in total. The van der Waals surface area contributed by atoms with Gasteiger partial charge in [-0.15, -0.1) is 0 Å². The van der Waals surface area contributed by atoms with Crippen LogP contribution in [0.25, 0.3) is 0 Å². The highest BCUT2D eigenvalue weighted by molar-refractivity contribution is 5.74. The summed E-state index contributed by atoms with van der Waals surface area (Å²) in [6, 6.07) is 3.64. The second-order valence-corrected chi connectivity index (χ2v) is 6.31. The van der Waals surface area contributed by atoms with Crippen molar-refractivity contribution >= 4 is 6.03 Å². The number of amides is 2. The third kappa shape index (κ3) is 6.72. The molecule has 2 N–H and O–H groups in total. The Labute approximate surface area is 143 Å². The van der Waals surface area contributed by atoms with Crippen LogP contribution in [0.15, 0.2) is 18.3 Å². The molecule has 1 aliphatic heterocycles. The second-order valence-electron chi connectivity index (χ2n) is 6.31. The first-order valence-corrected chi connectivity index (χ1v) is 8.49. The number of nitrogens with one attached hydrogen (secondary N) is 2. The summed E-state index contributed by atoms with van der Waals surface area (Å²) in [4.78, 5) is 18.5. The first-order chi connectivity index (χ1) is 11.5. The molecule has 134 valence electrons. The molecule has 1 aliphatic rings. The Bertz CT molecular complexity index is 501. The highest BCUT2D eigenvalue weighted by Gasteiger charge is 2.15. The molecule has 0 radical (unpaired) electrons. The van der Waals surface area contributed by atoms with Crippen LogP contribution in [-0.4, -0.2) is 60.9 Å². The topological polar surface area (TPSA) is 75.7 Å². The van der Waals surface area contributed by atoms with Gasteiger partial charge in [-0.05, 0) is 26.3 Å². The van der Waals surface area contributed by atoms with E-state index in [0.717, 1.165) is 38.4 Å². The number of aromatic nitrogens is 1. The van der Waals surface area contributed by atoms with E-state index in [9.17, 15) is 4.79 Å². The van der Waals surface area contributed by atoms with Gasteiger partial charge in [0.25, 0.3) is 0 Å². The maximum Gasteiger partial charge on any atom is 0.315 e. The maximum atomic E-state index is 12.0. The smallest absolute Gasteiger partial charge is 0.315 e. The van der Waals surface area contributed by atoms with Crippen molar-refractivity contribution in [3.63, 3.8) is 0 Å². The van der Waals surface area contributed by atoms with Gasteiger partial charge in [-0.2, -0.15) is 0 Å². The van der Waals surface area contributed by atoms with Gasteiger partial charge in [0.2, 0.25) is 5.88 Å². The van der Waals surface area contributed by atoms with Crippen LogP contribution >= 0.6 is 0 Å². The van der Waals surface area contributed by atoms with Crippen LogP contribution in [0.4, 0.5) is 4.79 Å². The fourth-order valence-corrected chi connectivity index (χ4v) is 2.50. The molecular weight excluding hydrogens is 308 g/mol. The van der Waals surface area contributed by atoms with Gasteiger partial charge in [-0.3, -0.25) is 4.90 Å². The molecule has 7 heteroatoms. The van der Waals surface area contributed by atoms with Crippen molar-refractivity contribution in [1.82, 2.24) is 20.5 Å². The summed E-state index contributed by atoms with van der Waals surface area (Å²) in [6.07, 6.45) is 1.81. The predicted molar refractivity (Wildman–Crippen MR) is 92.1 cm³/mol. The Morgan fingerprint density at radius 1 is 1.33 bits per heavy atom. The molecule has 2 amide bonds. The lowest BCUT2D eigenvalue weighted by Crippen LogP contribution is -2.48. The zero-order chi connectivity index (χ0) is 17.4. The number of hydrogen-bond acceptors (Lipinski definition) is 5. The minimum atomic E-state index is -0.168. The van der Waals surface area contributed by atoms with Gasteiger partial charge in [-0.1, -0.05) is 6.07 Å². The van der Waals surface area contributed by atoms with Crippen molar-refractivity contribution in [3.05, 3.63) is 23.9 Å². The van der Waals surface area contributed by atoms with Crippen molar-refractivity contribution in [2.24, 2.45) is 0 Å². The molecule has 2 heterocycles. The summed E-state index contributed by atoms with van der Waals surface area (Å²) >= 11 is 0. The average molecular weight is 336 g/mol. The van der Waals surface area contributed by atoms with E-state index in [-0.39, 0.29) is 18.2 Å². The molecule has 2 rings (SSSR count). The third-order valence-electron chi connectivity index (χ3n) is 3.62. The third-order valence-corrected chi connectivity index (χ3v) is 3.62. The van der Waals surface area contributed by atoms with E-state index in [1.54, 1.807) is 6.20 Å². The van der Waals surface area contributed by atoms with Crippen molar-refractivity contribution in [1.29, 1.82) is 0 Å². The zero-order valence-electron chi connectivity index (χ0n) is 14.7. The molecule has 1 unspecified atom stereocenters. The quantitative estimate of drug-likeness (QED) is 0.787. The van der Waals surface area contributed by atoms with Crippen LogP contribution in [0.3, 0.4) is 0 Å². The fraction of sp³-hybridized carbons (Fsp3) is 0.647. The van der Waals surface area contributed by atoms with Gasteiger partial charge in [0.05, 0.1) is 19.3 Å². The zero-order valence-corrected chi connectivity index (χ0v) is 14.7. The van der Waals surface area contributed by atoms with E-state index < -0.39 is 0 Å². The van der Waals surface area contributed by atoms with E-state index in [4.69, 9.17) is 9.47 Å². The van der Waals surface area contributed by atoms with E-state index in [1.165, 1.54) is 0 Å². The molecule has 1 aromatic rings. The summed E-state index contributed by atoms with van der Waals surface area (Å²) in [5.41, 5.74) is 0.932. The Morgan fingerprint density at radius 2 is 2.08 bits per heavy atom. The van der Waals surface area contributed by atoms with Gasteiger partial charge < -0.3 is 20.1 Å². The number of hydrogen-bond donors (Lipinski definition) is 2. The number of carbonyl (C=O) groups is 1. The lowest BCUT2D eigenvalue weighted by Gasteiger charge is -2.29. The minimum Gasteiger partial charge on any atom is -0.475 e. The molecule has 0 saturated carbocycles. The van der Waals surface area contributed by atoms with Crippen molar-refractivity contribution < 1.29 is 14.3 Å². The summed E-state index contributed by atoms with van der Waals surface area (Å²) in [7, 11) is 0. The monoisotopic (exact) mass is 336 g/mol. The van der Waals surface area contributed by atoms with Crippen molar-refractivity contribution in [3.8, 4) is 5.88 Å². The van der Waals surface area contributed by atoms with Crippen LogP contribution in [0.2, 0.25) is 0 Å². The Balaban J connectivity index is 1.68. The van der Waals surface area contributed by atoms with Crippen LogP contribution in [0.1, 0.15) is 26.3 Å². The predicted octanol–water partition coefficient (Wildman–Crippen LogP) is 1.39. The lowest BCUT2D eigenvalue weighted by molar-refractivity contribution is 0.0349. The highest BCUT2D eigenvalue weighted by Crippen LogP contribution is 2.09. The molecule has 1 atom stereocenters. The minimum absolute atomic E-state index is 0.0862. The van der Waals surface area contributed by atoms with Crippen LogP contribution < -0.4 is 15.4 Å². The summed E-state index contributed by atoms with van der Waals surface area (Å²) < 4.78 is 10.8. The van der Waals surface area contributed by atoms with E-state index >= 15 is 0 Å². The van der Waals surface area contributed by atoms with E-state index in [1.807, 2.05) is 32.9 Å². The number of morpholine rings is 1. The summed E-state index contributed by atoms with van der Waals surface area (Å²) in [5.74, 6) is 0.595. The number of urea groups is 1. The first kappa shape index (κ1) is 18.5. The number of rotatable bonds is 7. The van der Waals surface area contributed by atoms with Gasteiger partial charge in [0.15, 0.2) is 0 Å². The Hall–Kier alpha value is -1.86. The summed E-state index contributed by atoms with van der Waals surface area (Å²) in [5, 5.41) is 5.81. The second kappa shape index (κ2) is 9.44. The molecule has 24 heavy (non-hydrogen) atoms. The largest absolute Gasteiger partial charge is 0.475 e. The number of carbonyl (C=O) groups excluding carboxylic acids is 1. The van der Waals surface area contributed by atoms with Crippen molar-refractivity contribution in [2.45, 2.75) is 39.5 Å². The molecule has 0 bridgehead atoms. The standard InChI is InChI=1S/C17H28N4O3/c1-13(2)24-16-5-4-15(10-18-16)11-19-17(22)20-14(3)12-21-6-8-23-9-7-21/h4-5,10,13-14H,6-9,11-12H2,1-3H3,(H2,19,20,22). The highest BCUT2D eigenvalue weighted by atomic mass is 16.5. The molecule has 1 saturated heterocycles. The molecule has 0 aliphatic carbocycles. The fourth-order valence-electron chi connectivity index (χ4n) is 2.50. The van der Waals surface area contributed by atoms with Crippen LogP contribution in [-0.2, 0) is 11.3 Å². The van der Waals surface area contributed by atoms with Gasteiger partial charge in [0.1, 0.15) is 0 Å².